The topological polar surface area (TPSA) is 36.4 Å². The van der Waals surface area contributed by atoms with Gasteiger partial charge in [0.25, 0.3) is 0 Å². The van der Waals surface area contributed by atoms with E-state index in [1.807, 2.05) is 30.0 Å². The van der Waals surface area contributed by atoms with Crippen LogP contribution in [0.15, 0.2) is 24.4 Å². The predicted molar refractivity (Wildman–Crippen MR) is 84.1 cm³/mol. The lowest BCUT2D eigenvalue weighted by molar-refractivity contribution is -0.118. The molecule has 3 rings (SSSR count). The van der Waals surface area contributed by atoms with Crippen LogP contribution in [0, 0.1) is 11.8 Å². The Labute approximate surface area is 127 Å². The number of pyridine rings is 1. The predicted octanol–water partition coefficient (Wildman–Crippen LogP) is 2.55. The molecule has 1 amide bonds. The normalized spacial score (nSPS) is 26.0. The molecule has 21 heavy (non-hydrogen) atoms. The molecule has 1 aromatic rings. The molecule has 0 aromatic carbocycles. The van der Waals surface area contributed by atoms with Crippen molar-refractivity contribution in [1.29, 1.82) is 0 Å². The first-order valence-corrected chi connectivity index (χ1v) is 8.14. The van der Waals surface area contributed by atoms with Crippen molar-refractivity contribution in [1.82, 2.24) is 9.88 Å². The average molecular weight is 287 g/mol. The van der Waals surface area contributed by atoms with Crippen molar-refractivity contribution in [3.05, 3.63) is 24.4 Å². The van der Waals surface area contributed by atoms with E-state index >= 15 is 0 Å². The zero-order valence-corrected chi connectivity index (χ0v) is 13.0. The van der Waals surface area contributed by atoms with Gasteiger partial charge in [-0.25, -0.2) is 4.98 Å². The molecule has 114 valence electrons. The highest BCUT2D eigenvalue weighted by atomic mass is 16.2. The molecule has 0 N–H and O–H groups in total. The minimum absolute atomic E-state index is 0.156. The second-order valence-corrected chi connectivity index (χ2v) is 6.47. The minimum Gasteiger partial charge on any atom is -0.301 e. The van der Waals surface area contributed by atoms with Crippen molar-refractivity contribution in [3.63, 3.8) is 0 Å². The molecular weight excluding hydrogens is 262 g/mol. The molecule has 1 aliphatic carbocycles. The third-order valence-corrected chi connectivity index (χ3v) is 4.99. The summed E-state index contributed by atoms with van der Waals surface area (Å²) in [6.45, 7) is 7.44. The number of hydrogen-bond acceptors (Lipinski definition) is 3. The summed E-state index contributed by atoms with van der Waals surface area (Å²) in [5.41, 5.74) is 0. The summed E-state index contributed by atoms with van der Waals surface area (Å²) in [7, 11) is 0. The SMILES string of the molecule is CCC(=O)N(c1ccccn1)[C@@H](C)CN1CC2CCC2C1. The van der Waals surface area contributed by atoms with Crippen LogP contribution in [0.5, 0.6) is 0 Å². The smallest absolute Gasteiger partial charge is 0.228 e. The zero-order chi connectivity index (χ0) is 14.8. The molecule has 2 unspecified atom stereocenters. The lowest BCUT2D eigenvalue weighted by atomic mass is 9.77. The number of fused-ring (bicyclic) bond motifs is 1. The van der Waals surface area contributed by atoms with Gasteiger partial charge in [-0.15, -0.1) is 0 Å². The summed E-state index contributed by atoms with van der Waals surface area (Å²) in [4.78, 5) is 21.1. The number of rotatable bonds is 5. The van der Waals surface area contributed by atoms with Crippen LogP contribution >= 0.6 is 0 Å². The van der Waals surface area contributed by atoms with Crippen LogP contribution in [0.2, 0.25) is 0 Å². The second kappa shape index (κ2) is 6.14. The van der Waals surface area contributed by atoms with Crippen LogP contribution in [0.4, 0.5) is 5.82 Å². The van der Waals surface area contributed by atoms with E-state index in [1.165, 1.54) is 25.9 Å². The van der Waals surface area contributed by atoms with Crippen LogP contribution in [-0.4, -0.2) is 41.5 Å². The van der Waals surface area contributed by atoms with E-state index in [0.717, 1.165) is 24.2 Å². The lowest BCUT2D eigenvalue weighted by Crippen LogP contribution is -2.45. The van der Waals surface area contributed by atoms with Crippen molar-refractivity contribution in [2.75, 3.05) is 24.5 Å². The Balaban J connectivity index is 1.69. The van der Waals surface area contributed by atoms with E-state index < -0.39 is 0 Å². The Bertz CT molecular complexity index is 478. The Kier molecular flexibility index (Phi) is 4.24. The van der Waals surface area contributed by atoms with Gasteiger partial charge < -0.3 is 4.90 Å². The number of hydrogen-bond donors (Lipinski definition) is 0. The van der Waals surface area contributed by atoms with E-state index in [-0.39, 0.29) is 11.9 Å². The van der Waals surface area contributed by atoms with Crippen LogP contribution in [0.3, 0.4) is 0 Å². The summed E-state index contributed by atoms with van der Waals surface area (Å²) in [5, 5.41) is 0. The molecular formula is C17H25N3O. The highest BCUT2D eigenvalue weighted by Gasteiger charge is 2.39. The third-order valence-electron chi connectivity index (χ3n) is 4.99. The Morgan fingerprint density at radius 2 is 2.10 bits per heavy atom. The maximum Gasteiger partial charge on any atom is 0.228 e. The van der Waals surface area contributed by atoms with Gasteiger partial charge in [-0.3, -0.25) is 9.69 Å². The number of carbonyl (C=O) groups excluding carboxylic acids is 1. The second-order valence-electron chi connectivity index (χ2n) is 6.47. The molecule has 0 bridgehead atoms. The number of anilines is 1. The van der Waals surface area contributed by atoms with Crippen molar-refractivity contribution in [3.8, 4) is 0 Å². The Hall–Kier alpha value is -1.42. The lowest BCUT2D eigenvalue weighted by Gasteiger charge is -2.31. The molecule has 0 spiro atoms. The van der Waals surface area contributed by atoms with Crippen LogP contribution in [0.25, 0.3) is 0 Å². The summed E-state index contributed by atoms with van der Waals surface area (Å²) < 4.78 is 0. The van der Waals surface area contributed by atoms with Crippen molar-refractivity contribution >= 4 is 11.7 Å². The first kappa shape index (κ1) is 14.5. The average Bonchev–Trinajstić information content (AvgIpc) is 2.75. The number of amides is 1. The number of likely N-dealkylation sites (tertiary alicyclic amines) is 1. The standard InChI is InChI=1S/C17H25N3O/c1-3-17(21)20(16-6-4-5-9-18-16)13(2)10-19-11-14-7-8-15(14)12-19/h4-6,9,13-15H,3,7-8,10-12H2,1-2H3/t13-,14?,15?/m0/s1. The quantitative estimate of drug-likeness (QED) is 0.835. The van der Waals surface area contributed by atoms with Gasteiger partial charge in [0.2, 0.25) is 5.91 Å². The molecule has 1 aliphatic heterocycles. The zero-order valence-electron chi connectivity index (χ0n) is 13.0. The number of aromatic nitrogens is 1. The van der Waals surface area contributed by atoms with E-state index in [0.29, 0.717) is 6.42 Å². The fourth-order valence-electron chi connectivity index (χ4n) is 3.73. The van der Waals surface area contributed by atoms with Gasteiger partial charge in [-0.05, 0) is 43.7 Å². The molecule has 1 saturated heterocycles. The van der Waals surface area contributed by atoms with Gasteiger partial charge in [0.1, 0.15) is 5.82 Å². The fourth-order valence-corrected chi connectivity index (χ4v) is 3.73. The molecule has 1 aromatic heterocycles. The largest absolute Gasteiger partial charge is 0.301 e. The van der Waals surface area contributed by atoms with Gasteiger partial charge >= 0.3 is 0 Å². The summed E-state index contributed by atoms with van der Waals surface area (Å²) in [5.74, 6) is 2.77. The van der Waals surface area contributed by atoms with E-state index in [2.05, 4.69) is 16.8 Å². The highest BCUT2D eigenvalue weighted by Crippen LogP contribution is 2.40. The van der Waals surface area contributed by atoms with Gasteiger partial charge in [0.05, 0.1) is 0 Å². The molecule has 1 saturated carbocycles. The Morgan fingerprint density at radius 3 is 2.62 bits per heavy atom. The van der Waals surface area contributed by atoms with Crippen molar-refractivity contribution < 1.29 is 4.79 Å². The number of carbonyl (C=O) groups is 1. The monoisotopic (exact) mass is 287 g/mol. The molecule has 0 radical (unpaired) electrons. The van der Waals surface area contributed by atoms with E-state index in [1.54, 1.807) is 6.20 Å². The Morgan fingerprint density at radius 1 is 1.38 bits per heavy atom. The molecule has 2 aliphatic rings. The summed E-state index contributed by atoms with van der Waals surface area (Å²) in [6, 6.07) is 5.93. The molecule has 3 atom stereocenters. The first-order valence-electron chi connectivity index (χ1n) is 8.14. The minimum atomic E-state index is 0.156. The number of nitrogens with zero attached hydrogens (tertiary/aromatic N) is 3. The molecule has 2 heterocycles. The van der Waals surface area contributed by atoms with Gasteiger partial charge in [0.15, 0.2) is 0 Å². The highest BCUT2D eigenvalue weighted by molar-refractivity contribution is 5.92. The molecule has 4 nitrogen and oxygen atoms in total. The molecule has 4 heteroatoms. The maximum absolute atomic E-state index is 12.3. The van der Waals surface area contributed by atoms with Crippen molar-refractivity contribution in [2.24, 2.45) is 11.8 Å². The van der Waals surface area contributed by atoms with E-state index in [4.69, 9.17) is 0 Å². The third kappa shape index (κ3) is 2.95. The van der Waals surface area contributed by atoms with Crippen LogP contribution in [0.1, 0.15) is 33.1 Å². The van der Waals surface area contributed by atoms with Gasteiger partial charge in [0, 0.05) is 38.3 Å². The summed E-state index contributed by atoms with van der Waals surface area (Å²) in [6.07, 6.45) is 5.07. The maximum atomic E-state index is 12.3. The fraction of sp³-hybridized carbons (Fsp3) is 0.647. The van der Waals surface area contributed by atoms with Crippen LogP contribution in [-0.2, 0) is 4.79 Å². The van der Waals surface area contributed by atoms with Gasteiger partial charge in [-0.2, -0.15) is 0 Å². The van der Waals surface area contributed by atoms with Crippen LogP contribution < -0.4 is 4.90 Å². The first-order chi connectivity index (χ1) is 10.2. The van der Waals surface area contributed by atoms with Crippen molar-refractivity contribution in [2.45, 2.75) is 39.2 Å². The van der Waals surface area contributed by atoms with Gasteiger partial charge in [-0.1, -0.05) is 13.0 Å². The van der Waals surface area contributed by atoms with E-state index in [9.17, 15) is 4.79 Å². The summed E-state index contributed by atoms with van der Waals surface area (Å²) >= 11 is 0. The molecule has 2 fully saturated rings.